The summed E-state index contributed by atoms with van der Waals surface area (Å²) in [7, 11) is 0. The molecular weight excluding hydrogens is 396 g/mol. The molecule has 0 spiro atoms. The van der Waals surface area contributed by atoms with E-state index in [1.54, 1.807) is 11.3 Å². The Bertz CT molecular complexity index is 959. The maximum absolute atomic E-state index is 11.9. The van der Waals surface area contributed by atoms with Crippen LogP contribution in [0.4, 0.5) is 11.5 Å². The molecule has 0 saturated carbocycles. The molecule has 2 saturated heterocycles. The van der Waals surface area contributed by atoms with E-state index in [4.69, 9.17) is 16.0 Å². The van der Waals surface area contributed by atoms with Crippen LogP contribution in [0.2, 0.25) is 0 Å². The van der Waals surface area contributed by atoms with Crippen LogP contribution in [-0.4, -0.2) is 61.1 Å². The van der Waals surface area contributed by atoms with Gasteiger partial charge in [-0.05, 0) is 31.4 Å². The molecule has 2 fully saturated rings. The van der Waals surface area contributed by atoms with Crippen LogP contribution in [-0.2, 0) is 4.79 Å². The maximum atomic E-state index is 11.9. The number of thiazole rings is 1. The van der Waals surface area contributed by atoms with Crippen LogP contribution in [0.1, 0.15) is 18.2 Å². The molecule has 30 heavy (non-hydrogen) atoms. The van der Waals surface area contributed by atoms with Crippen LogP contribution in [0.25, 0.3) is 10.6 Å². The molecule has 1 aromatic carbocycles. The standard InChI is InChI=1S/C22H28N6OS/c1-15-12-19(20(24)29)28(14-15)21-16(2)30-22(25-21)17-4-3-5-18(13-17)27-10-8-26(7-6-23)9-11-27/h3-5,13,15,19H,7-12,14H2,1-2H3,(H2,24,29)/t15-,19-/m0/s1. The minimum Gasteiger partial charge on any atom is -0.369 e. The second-order valence-electron chi connectivity index (χ2n) is 8.28. The Kier molecular flexibility index (Phi) is 5.93. The van der Waals surface area contributed by atoms with Crippen molar-refractivity contribution in [2.75, 3.05) is 49.1 Å². The van der Waals surface area contributed by atoms with Gasteiger partial charge in [0.25, 0.3) is 0 Å². The normalized spacial score (nSPS) is 22.3. The van der Waals surface area contributed by atoms with Crippen LogP contribution in [0.5, 0.6) is 0 Å². The van der Waals surface area contributed by atoms with Crippen LogP contribution in [0.15, 0.2) is 24.3 Å². The first-order valence-corrected chi connectivity index (χ1v) is 11.3. The number of nitrogens with two attached hydrogens (primary N) is 1. The summed E-state index contributed by atoms with van der Waals surface area (Å²) in [6.07, 6.45) is 0.787. The predicted octanol–water partition coefficient (Wildman–Crippen LogP) is 2.46. The Morgan fingerprint density at radius 2 is 2.10 bits per heavy atom. The number of anilines is 2. The van der Waals surface area contributed by atoms with E-state index >= 15 is 0 Å². The summed E-state index contributed by atoms with van der Waals surface area (Å²) in [5.74, 6) is 1.04. The number of primary amides is 1. The number of rotatable bonds is 5. The van der Waals surface area contributed by atoms with Crippen molar-refractivity contribution in [3.63, 3.8) is 0 Å². The van der Waals surface area contributed by atoms with Gasteiger partial charge < -0.3 is 15.5 Å². The highest BCUT2D eigenvalue weighted by atomic mass is 32.1. The van der Waals surface area contributed by atoms with Gasteiger partial charge in [0.1, 0.15) is 16.9 Å². The van der Waals surface area contributed by atoms with Gasteiger partial charge in [-0.1, -0.05) is 19.1 Å². The molecule has 2 aliphatic rings. The highest BCUT2D eigenvalue weighted by Gasteiger charge is 2.35. The predicted molar refractivity (Wildman–Crippen MR) is 121 cm³/mol. The Balaban J connectivity index is 1.55. The number of aryl methyl sites for hydroxylation is 1. The monoisotopic (exact) mass is 424 g/mol. The maximum Gasteiger partial charge on any atom is 0.240 e. The highest BCUT2D eigenvalue weighted by molar-refractivity contribution is 7.15. The van der Waals surface area contributed by atoms with Gasteiger partial charge in [-0.25, -0.2) is 4.98 Å². The van der Waals surface area contributed by atoms with Crippen molar-refractivity contribution in [2.24, 2.45) is 11.7 Å². The zero-order chi connectivity index (χ0) is 21.3. The third-order valence-corrected chi connectivity index (χ3v) is 7.02. The number of carbonyl (C=O) groups excluding carboxylic acids is 1. The van der Waals surface area contributed by atoms with Gasteiger partial charge in [0, 0.05) is 48.9 Å². The summed E-state index contributed by atoms with van der Waals surface area (Å²) in [5.41, 5.74) is 7.93. The molecule has 7 nitrogen and oxygen atoms in total. The van der Waals surface area contributed by atoms with Crippen LogP contribution < -0.4 is 15.5 Å². The number of hydrogen-bond acceptors (Lipinski definition) is 7. The topological polar surface area (TPSA) is 89.5 Å². The Labute approximate surface area is 181 Å². The van der Waals surface area contributed by atoms with Crippen LogP contribution >= 0.6 is 11.3 Å². The van der Waals surface area contributed by atoms with E-state index in [2.05, 4.69) is 58.9 Å². The summed E-state index contributed by atoms with van der Waals surface area (Å²) < 4.78 is 0. The third kappa shape index (κ3) is 4.13. The molecule has 1 amide bonds. The Morgan fingerprint density at radius 1 is 1.33 bits per heavy atom. The summed E-state index contributed by atoms with van der Waals surface area (Å²) in [4.78, 5) is 24.6. The number of carbonyl (C=O) groups is 1. The fourth-order valence-electron chi connectivity index (χ4n) is 4.43. The van der Waals surface area contributed by atoms with E-state index in [1.165, 1.54) is 5.69 Å². The largest absolute Gasteiger partial charge is 0.369 e. The van der Waals surface area contributed by atoms with Gasteiger partial charge in [-0.3, -0.25) is 9.69 Å². The zero-order valence-electron chi connectivity index (χ0n) is 17.5. The van der Waals surface area contributed by atoms with Crippen molar-refractivity contribution in [3.05, 3.63) is 29.1 Å². The van der Waals surface area contributed by atoms with Crippen molar-refractivity contribution in [1.29, 1.82) is 5.26 Å². The molecule has 4 rings (SSSR count). The van der Waals surface area contributed by atoms with Gasteiger partial charge in [0.2, 0.25) is 5.91 Å². The minimum absolute atomic E-state index is 0.272. The lowest BCUT2D eigenvalue weighted by molar-refractivity contribution is -0.119. The van der Waals surface area contributed by atoms with E-state index < -0.39 is 0 Å². The minimum atomic E-state index is -0.273. The van der Waals surface area contributed by atoms with Crippen LogP contribution in [0.3, 0.4) is 0 Å². The van der Waals surface area contributed by atoms with E-state index in [0.717, 1.165) is 60.4 Å². The molecule has 0 radical (unpaired) electrons. The summed E-state index contributed by atoms with van der Waals surface area (Å²) in [6, 6.07) is 10.5. The number of amides is 1. The SMILES string of the molecule is Cc1sc(-c2cccc(N3CCN(CC#N)CC3)c2)nc1N1C[C@@H](C)C[C@H]1C(N)=O. The van der Waals surface area contributed by atoms with Crippen molar-refractivity contribution >= 4 is 28.7 Å². The number of benzene rings is 1. The summed E-state index contributed by atoms with van der Waals surface area (Å²) in [6.45, 7) is 9.16. The van der Waals surface area contributed by atoms with Gasteiger partial charge in [-0.15, -0.1) is 11.3 Å². The van der Waals surface area contributed by atoms with Crippen molar-refractivity contribution in [1.82, 2.24) is 9.88 Å². The molecule has 158 valence electrons. The Morgan fingerprint density at radius 3 is 2.80 bits per heavy atom. The number of hydrogen-bond donors (Lipinski definition) is 1. The number of nitrogens with zero attached hydrogens (tertiary/aromatic N) is 5. The average Bonchev–Trinajstić information content (AvgIpc) is 3.31. The smallest absolute Gasteiger partial charge is 0.240 e. The second kappa shape index (κ2) is 8.62. The van der Waals surface area contributed by atoms with Gasteiger partial charge in [0.05, 0.1) is 12.6 Å². The molecular formula is C22H28N6OS. The second-order valence-corrected chi connectivity index (χ2v) is 9.49. The molecule has 2 aromatic rings. The van der Waals surface area contributed by atoms with Gasteiger partial charge in [0.15, 0.2) is 0 Å². The lowest BCUT2D eigenvalue weighted by Crippen LogP contribution is -2.46. The molecule has 8 heteroatoms. The van der Waals surface area contributed by atoms with Crippen molar-refractivity contribution < 1.29 is 4.79 Å². The van der Waals surface area contributed by atoms with Crippen molar-refractivity contribution in [2.45, 2.75) is 26.3 Å². The third-order valence-electron chi connectivity index (χ3n) is 6.01. The van der Waals surface area contributed by atoms with E-state index in [0.29, 0.717) is 12.5 Å². The first-order chi connectivity index (χ1) is 14.5. The molecule has 2 N–H and O–H groups in total. The highest BCUT2D eigenvalue weighted by Crippen LogP contribution is 2.37. The van der Waals surface area contributed by atoms with Crippen molar-refractivity contribution in [3.8, 4) is 16.6 Å². The van der Waals surface area contributed by atoms with E-state index in [9.17, 15) is 4.79 Å². The molecule has 0 bridgehead atoms. The number of aromatic nitrogens is 1. The molecule has 2 atom stereocenters. The quantitative estimate of drug-likeness (QED) is 0.742. The fraction of sp³-hybridized carbons (Fsp3) is 0.500. The van der Waals surface area contributed by atoms with Gasteiger partial charge in [-0.2, -0.15) is 5.26 Å². The van der Waals surface area contributed by atoms with Gasteiger partial charge >= 0.3 is 0 Å². The lowest BCUT2D eigenvalue weighted by Gasteiger charge is -2.35. The summed E-state index contributed by atoms with van der Waals surface area (Å²) >= 11 is 1.66. The average molecular weight is 425 g/mol. The molecule has 3 heterocycles. The zero-order valence-corrected chi connectivity index (χ0v) is 18.4. The van der Waals surface area contributed by atoms with E-state index in [-0.39, 0.29) is 11.9 Å². The molecule has 0 aliphatic carbocycles. The number of piperazine rings is 1. The summed E-state index contributed by atoms with van der Waals surface area (Å²) in [5, 5.41) is 9.86. The molecule has 1 aromatic heterocycles. The fourth-order valence-corrected chi connectivity index (χ4v) is 5.35. The van der Waals surface area contributed by atoms with E-state index in [1.807, 2.05) is 0 Å². The lowest BCUT2D eigenvalue weighted by atomic mass is 10.1. The molecule has 0 unspecified atom stereocenters. The first kappa shape index (κ1) is 20.6. The molecule has 2 aliphatic heterocycles. The Hall–Kier alpha value is -2.63. The van der Waals surface area contributed by atoms with Crippen LogP contribution in [0, 0.1) is 24.2 Å². The number of nitriles is 1. The first-order valence-electron chi connectivity index (χ1n) is 10.4.